The van der Waals surface area contributed by atoms with Crippen molar-refractivity contribution in [1.29, 1.82) is 0 Å². The van der Waals surface area contributed by atoms with Crippen molar-refractivity contribution in [2.75, 3.05) is 13.1 Å². The highest BCUT2D eigenvalue weighted by Gasteiger charge is 2.32. The molecule has 1 atom stereocenters. The Balaban J connectivity index is 2.06. The summed E-state index contributed by atoms with van der Waals surface area (Å²) in [5.41, 5.74) is 6.40. The van der Waals surface area contributed by atoms with E-state index in [0.29, 0.717) is 17.9 Å². The van der Waals surface area contributed by atoms with E-state index < -0.39 is 0 Å². The Bertz CT molecular complexity index is 437. The second-order valence-corrected chi connectivity index (χ2v) is 5.90. The SMILES string of the molecule is CCCC1(C)CCCN(C(=O)c2coc(CN)c2)C1. The van der Waals surface area contributed by atoms with E-state index in [4.69, 9.17) is 10.2 Å². The first kappa shape index (κ1) is 14.1. The van der Waals surface area contributed by atoms with Crippen LogP contribution in [0.5, 0.6) is 0 Å². The molecule has 0 aromatic carbocycles. The summed E-state index contributed by atoms with van der Waals surface area (Å²) < 4.78 is 5.25. The van der Waals surface area contributed by atoms with Crippen LogP contribution >= 0.6 is 0 Å². The average molecular weight is 264 g/mol. The first-order valence-corrected chi connectivity index (χ1v) is 7.15. The number of carbonyl (C=O) groups is 1. The summed E-state index contributed by atoms with van der Waals surface area (Å²) in [4.78, 5) is 14.4. The zero-order chi connectivity index (χ0) is 13.9. The molecule has 1 aromatic heterocycles. The number of hydrogen-bond acceptors (Lipinski definition) is 3. The number of likely N-dealkylation sites (tertiary alicyclic amines) is 1. The molecule has 1 aliphatic heterocycles. The Labute approximate surface area is 114 Å². The van der Waals surface area contributed by atoms with Crippen LogP contribution in [0.4, 0.5) is 0 Å². The van der Waals surface area contributed by atoms with E-state index in [-0.39, 0.29) is 11.3 Å². The minimum Gasteiger partial charge on any atom is -0.467 e. The second-order valence-electron chi connectivity index (χ2n) is 5.90. The van der Waals surface area contributed by atoms with Crippen molar-refractivity contribution in [3.05, 3.63) is 23.7 Å². The maximum atomic E-state index is 12.4. The summed E-state index contributed by atoms with van der Waals surface area (Å²) in [5, 5.41) is 0. The molecule has 0 spiro atoms. The van der Waals surface area contributed by atoms with Gasteiger partial charge in [-0.3, -0.25) is 4.79 Å². The Morgan fingerprint density at radius 1 is 1.58 bits per heavy atom. The number of amides is 1. The van der Waals surface area contributed by atoms with Crippen molar-refractivity contribution >= 4 is 5.91 Å². The molecule has 1 amide bonds. The molecule has 0 aliphatic carbocycles. The van der Waals surface area contributed by atoms with E-state index in [9.17, 15) is 4.79 Å². The molecule has 1 fully saturated rings. The minimum absolute atomic E-state index is 0.0745. The van der Waals surface area contributed by atoms with Gasteiger partial charge in [-0.15, -0.1) is 0 Å². The molecule has 1 aliphatic rings. The Morgan fingerprint density at radius 3 is 3.00 bits per heavy atom. The van der Waals surface area contributed by atoms with Crippen LogP contribution in [-0.4, -0.2) is 23.9 Å². The van der Waals surface area contributed by atoms with Gasteiger partial charge in [0.2, 0.25) is 0 Å². The third-order valence-electron chi connectivity index (χ3n) is 4.02. The smallest absolute Gasteiger partial charge is 0.257 e. The van der Waals surface area contributed by atoms with Crippen molar-refractivity contribution < 1.29 is 9.21 Å². The van der Waals surface area contributed by atoms with Gasteiger partial charge < -0.3 is 15.1 Å². The van der Waals surface area contributed by atoms with Crippen LogP contribution in [0, 0.1) is 5.41 Å². The number of nitrogens with two attached hydrogens (primary N) is 1. The number of furan rings is 1. The molecule has 2 N–H and O–H groups in total. The van der Waals surface area contributed by atoms with Crippen molar-refractivity contribution in [2.24, 2.45) is 11.1 Å². The predicted molar refractivity (Wildman–Crippen MR) is 74.8 cm³/mol. The molecule has 0 radical (unpaired) electrons. The monoisotopic (exact) mass is 264 g/mol. The fourth-order valence-corrected chi connectivity index (χ4v) is 3.08. The van der Waals surface area contributed by atoms with Crippen LogP contribution in [0.15, 0.2) is 16.7 Å². The number of nitrogens with zero attached hydrogens (tertiary/aromatic N) is 1. The van der Waals surface area contributed by atoms with E-state index in [1.54, 1.807) is 6.07 Å². The summed E-state index contributed by atoms with van der Waals surface area (Å²) in [7, 11) is 0. The van der Waals surface area contributed by atoms with Crippen LogP contribution in [0.3, 0.4) is 0 Å². The Hall–Kier alpha value is -1.29. The molecule has 1 saturated heterocycles. The van der Waals surface area contributed by atoms with Crippen LogP contribution in [-0.2, 0) is 6.54 Å². The predicted octanol–water partition coefficient (Wildman–Crippen LogP) is 2.78. The van der Waals surface area contributed by atoms with Gasteiger partial charge in [0.25, 0.3) is 5.91 Å². The summed E-state index contributed by atoms with van der Waals surface area (Å²) in [6.45, 7) is 6.52. The first-order chi connectivity index (χ1) is 9.08. The van der Waals surface area contributed by atoms with Gasteiger partial charge in [-0.05, 0) is 30.7 Å². The molecule has 0 saturated carbocycles. The third kappa shape index (κ3) is 3.18. The van der Waals surface area contributed by atoms with Crippen LogP contribution in [0.2, 0.25) is 0 Å². The number of piperidine rings is 1. The van der Waals surface area contributed by atoms with Crippen LogP contribution < -0.4 is 5.73 Å². The standard InChI is InChI=1S/C15H24N2O2/c1-3-5-15(2)6-4-7-17(11-15)14(18)12-8-13(9-16)19-10-12/h8,10H,3-7,9,11,16H2,1-2H3. The lowest BCUT2D eigenvalue weighted by molar-refractivity contribution is 0.0529. The van der Waals surface area contributed by atoms with Crippen molar-refractivity contribution in [3.63, 3.8) is 0 Å². The summed E-state index contributed by atoms with van der Waals surface area (Å²) in [6.07, 6.45) is 6.17. The fourth-order valence-electron chi connectivity index (χ4n) is 3.08. The summed E-state index contributed by atoms with van der Waals surface area (Å²) in [5.74, 6) is 0.738. The van der Waals surface area contributed by atoms with Gasteiger partial charge in [0.05, 0.1) is 12.1 Å². The zero-order valence-electron chi connectivity index (χ0n) is 11.9. The molecule has 1 aromatic rings. The average Bonchev–Trinajstić information content (AvgIpc) is 2.86. The van der Waals surface area contributed by atoms with E-state index in [1.165, 1.54) is 25.5 Å². The normalized spacial score (nSPS) is 23.6. The first-order valence-electron chi connectivity index (χ1n) is 7.15. The van der Waals surface area contributed by atoms with E-state index in [0.717, 1.165) is 19.5 Å². The van der Waals surface area contributed by atoms with E-state index in [2.05, 4.69) is 13.8 Å². The maximum absolute atomic E-state index is 12.4. The van der Waals surface area contributed by atoms with E-state index in [1.807, 2.05) is 4.90 Å². The lowest BCUT2D eigenvalue weighted by Crippen LogP contribution is -2.44. The van der Waals surface area contributed by atoms with Gasteiger partial charge in [-0.25, -0.2) is 0 Å². The van der Waals surface area contributed by atoms with Crippen molar-refractivity contribution in [3.8, 4) is 0 Å². The Kier molecular flexibility index (Phi) is 4.30. The van der Waals surface area contributed by atoms with Crippen molar-refractivity contribution in [2.45, 2.75) is 46.1 Å². The lowest BCUT2D eigenvalue weighted by atomic mass is 9.78. The fraction of sp³-hybridized carbons (Fsp3) is 0.667. The van der Waals surface area contributed by atoms with Gasteiger partial charge in [0, 0.05) is 13.1 Å². The Morgan fingerprint density at radius 2 is 2.37 bits per heavy atom. The minimum atomic E-state index is 0.0745. The highest BCUT2D eigenvalue weighted by atomic mass is 16.3. The number of hydrogen-bond donors (Lipinski definition) is 1. The molecule has 4 heteroatoms. The van der Waals surface area contributed by atoms with Crippen LogP contribution in [0.1, 0.15) is 55.6 Å². The summed E-state index contributed by atoms with van der Waals surface area (Å²) in [6, 6.07) is 1.76. The molecule has 2 rings (SSSR count). The van der Waals surface area contributed by atoms with Gasteiger partial charge >= 0.3 is 0 Å². The van der Waals surface area contributed by atoms with Crippen molar-refractivity contribution in [1.82, 2.24) is 4.90 Å². The molecule has 0 bridgehead atoms. The van der Waals surface area contributed by atoms with Gasteiger partial charge in [-0.1, -0.05) is 20.3 Å². The van der Waals surface area contributed by atoms with Gasteiger partial charge in [-0.2, -0.15) is 0 Å². The summed E-state index contributed by atoms with van der Waals surface area (Å²) >= 11 is 0. The molecular formula is C15H24N2O2. The third-order valence-corrected chi connectivity index (χ3v) is 4.02. The highest BCUT2D eigenvalue weighted by Crippen LogP contribution is 2.34. The molecular weight excluding hydrogens is 240 g/mol. The van der Waals surface area contributed by atoms with Gasteiger partial charge in [0.15, 0.2) is 0 Å². The molecule has 4 nitrogen and oxygen atoms in total. The van der Waals surface area contributed by atoms with Crippen LogP contribution in [0.25, 0.3) is 0 Å². The second kappa shape index (κ2) is 5.78. The maximum Gasteiger partial charge on any atom is 0.257 e. The zero-order valence-corrected chi connectivity index (χ0v) is 11.9. The number of rotatable bonds is 4. The lowest BCUT2D eigenvalue weighted by Gasteiger charge is -2.40. The highest BCUT2D eigenvalue weighted by molar-refractivity contribution is 5.94. The van der Waals surface area contributed by atoms with E-state index >= 15 is 0 Å². The topological polar surface area (TPSA) is 59.5 Å². The molecule has 1 unspecified atom stereocenters. The largest absolute Gasteiger partial charge is 0.467 e. The quantitative estimate of drug-likeness (QED) is 0.909. The number of carbonyl (C=O) groups excluding carboxylic acids is 1. The molecule has 19 heavy (non-hydrogen) atoms. The molecule has 106 valence electrons. The molecule has 2 heterocycles. The van der Waals surface area contributed by atoms with Gasteiger partial charge in [0.1, 0.15) is 12.0 Å².